The summed E-state index contributed by atoms with van der Waals surface area (Å²) in [4.78, 5) is 2.92. The molecule has 0 bridgehead atoms. The SMILES string of the molecule is CCN(Cc1cnn(CC)c1)CC(C)C(N)=S. The Morgan fingerprint density at radius 2 is 2.29 bits per heavy atom. The van der Waals surface area contributed by atoms with Crippen LogP contribution in [0.2, 0.25) is 0 Å². The van der Waals surface area contributed by atoms with Crippen molar-refractivity contribution in [1.82, 2.24) is 14.7 Å². The molecule has 2 N–H and O–H groups in total. The lowest BCUT2D eigenvalue weighted by Gasteiger charge is -2.23. The molecule has 0 fully saturated rings. The Hall–Kier alpha value is -0.940. The van der Waals surface area contributed by atoms with Crippen LogP contribution in [-0.4, -0.2) is 32.8 Å². The van der Waals surface area contributed by atoms with E-state index in [-0.39, 0.29) is 5.92 Å². The van der Waals surface area contributed by atoms with E-state index in [0.717, 1.165) is 26.2 Å². The number of nitrogens with zero attached hydrogens (tertiary/aromatic N) is 3. The highest BCUT2D eigenvalue weighted by molar-refractivity contribution is 7.80. The zero-order chi connectivity index (χ0) is 12.8. The maximum atomic E-state index is 5.65. The van der Waals surface area contributed by atoms with Crippen LogP contribution in [0, 0.1) is 5.92 Å². The van der Waals surface area contributed by atoms with E-state index in [1.165, 1.54) is 5.56 Å². The highest BCUT2D eigenvalue weighted by Gasteiger charge is 2.12. The lowest BCUT2D eigenvalue weighted by atomic mass is 10.1. The molecule has 1 aromatic rings. The van der Waals surface area contributed by atoms with E-state index in [1.807, 2.05) is 10.9 Å². The number of rotatable bonds is 7. The summed E-state index contributed by atoms with van der Waals surface area (Å²) in [7, 11) is 0. The van der Waals surface area contributed by atoms with Gasteiger partial charge in [0.25, 0.3) is 0 Å². The van der Waals surface area contributed by atoms with Gasteiger partial charge in [-0.15, -0.1) is 0 Å². The second kappa shape index (κ2) is 6.71. The number of nitrogens with two attached hydrogens (primary N) is 1. The van der Waals surface area contributed by atoms with Gasteiger partial charge in [0.1, 0.15) is 0 Å². The number of hydrogen-bond acceptors (Lipinski definition) is 3. The zero-order valence-corrected chi connectivity index (χ0v) is 11.7. The molecule has 0 aliphatic carbocycles. The molecular weight excluding hydrogens is 232 g/mol. The summed E-state index contributed by atoms with van der Waals surface area (Å²) in [5.74, 6) is 0.256. The summed E-state index contributed by atoms with van der Waals surface area (Å²) >= 11 is 5.01. The molecule has 1 unspecified atom stereocenters. The standard InChI is InChI=1S/C12H22N4S/c1-4-15(7-10(3)12(13)17)8-11-6-14-16(5-2)9-11/h6,9-10H,4-5,7-8H2,1-3H3,(H2,13,17). The van der Waals surface area contributed by atoms with Gasteiger partial charge >= 0.3 is 0 Å². The molecule has 4 nitrogen and oxygen atoms in total. The summed E-state index contributed by atoms with van der Waals surface area (Å²) < 4.78 is 1.94. The van der Waals surface area contributed by atoms with E-state index in [1.54, 1.807) is 0 Å². The molecule has 0 saturated heterocycles. The van der Waals surface area contributed by atoms with Gasteiger partial charge in [-0.25, -0.2) is 0 Å². The first-order chi connectivity index (χ1) is 8.06. The van der Waals surface area contributed by atoms with Crippen LogP contribution in [-0.2, 0) is 13.1 Å². The first-order valence-corrected chi connectivity index (χ1v) is 6.50. The average molecular weight is 254 g/mol. The second-order valence-electron chi connectivity index (χ2n) is 4.34. The van der Waals surface area contributed by atoms with Gasteiger partial charge in [-0.1, -0.05) is 26.1 Å². The Kier molecular flexibility index (Phi) is 5.58. The molecule has 17 heavy (non-hydrogen) atoms. The third-order valence-electron chi connectivity index (χ3n) is 2.88. The molecule has 0 amide bonds. The molecule has 1 atom stereocenters. The van der Waals surface area contributed by atoms with Crippen molar-refractivity contribution in [3.63, 3.8) is 0 Å². The Balaban J connectivity index is 2.54. The second-order valence-corrected chi connectivity index (χ2v) is 4.81. The molecule has 0 saturated carbocycles. The molecule has 0 spiro atoms. The van der Waals surface area contributed by atoms with Gasteiger partial charge in [-0.05, 0) is 13.5 Å². The van der Waals surface area contributed by atoms with E-state index in [2.05, 4.69) is 37.0 Å². The fraction of sp³-hybridized carbons (Fsp3) is 0.667. The number of aromatic nitrogens is 2. The van der Waals surface area contributed by atoms with E-state index in [0.29, 0.717) is 4.99 Å². The van der Waals surface area contributed by atoms with Gasteiger partial charge in [-0.3, -0.25) is 9.58 Å². The van der Waals surface area contributed by atoms with Gasteiger partial charge in [0.2, 0.25) is 0 Å². The lowest BCUT2D eigenvalue weighted by molar-refractivity contribution is 0.264. The van der Waals surface area contributed by atoms with Gasteiger partial charge in [0.05, 0.1) is 11.2 Å². The van der Waals surface area contributed by atoms with Crippen LogP contribution in [0.1, 0.15) is 26.3 Å². The molecule has 1 heterocycles. The number of hydrogen-bond donors (Lipinski definition) is 1. The molecule has 0 radical (unpaired) electrons. The minimum Gasteiger partial charge on any atom is -0.393 e. The zero-order valence-electron chi connectivity index (χ0n) is 10.9. The monoisotopic (exact) mass is 254 g/mol. The third kappa shape index (κ3) is 4.44. The molecule has 1 aromatic heterocycles. The topological polar surface area (TPSA) is 47.1 Å². The highest BCUT2D eigenvalue weighted by atomic mass is 32.1. The third-order valence-corrected chi connectivity index (χ3v) is 3.28. The van der Waals surface area contributed by atoms with E-state index >= 15 is 0 Å². The maximum absolute atomic E-state index is 5.65. The van der Waals surface area contributed by atoms with Gasteiger partial charge < -0.3 is 5.73 Å². The van der Waals surface area contributed by atoms with Crippen molar-refractivity contribution >= 4 is 17.2 Å². The van der Waals surface area contributed by atoms with Crippen molar-refractivity contribution in [2.75, 3.05) is 13.1 Å². The fourth-order valence-electron chi connectivity index (χ4n) is 1.70. The minimum atomic E-state index is 0.256. The lowest BCUT2D eigenvalue weighted by Crippen LogP contribution is -2.33. The quantitative estimate of drug-likeness (QED) is 0.752. The summed E-state index contributed by atoms with van der Waals surface area (Å²) in [6, 6.07) is 0. The molecule has 1 rings (SSSR count). The summed E-state index contributed by atoms with van der Waals surface area (Å²) in [5, 5.41) is 4.28. The van der Waals surface area contributed by atoms with E-state index in [4.69, 9.17) is 18.0 Å². The number of aryl methyl sites for hydroxylation is 1. The summed E-state index contributed by atoms with van der Waals surface area (Å²) in [6.45, 7) is 10.0. The molecule has 96 valence electrons. The smallest absolute Gasteiger partial charge is 0.0768 e. The van der Waals surface area contributed by atoms with Crippen LogP contribution in [0.15, 0.2) is 12.4 Å². The minimum absolute atomic E-state index is 0.256. The van der Waals surface area contributed by atoms with Gasteiger partial charge in [-0.2, -0.15) is 5.10 Å². The molecule has 0 aliphatic heterocycles. The van der Waals surface area contributed by atoms with Crippen molar-refractivity contribution in [3.05, 3.63) is 18.0 Å². The van der Waals surface area contributed by atoms with Crippen LogP contribution in [0.3, 0.4) is 0 Å². The predicted octanol–water partition coefficient (Wildman–Crippen LogP) is 1.65. The Morgan fingerprint density at radius 3 is 2.76 bits per heavy atom. The average Bonchev–Trinajstić information content (AvgIpc) is 2.75. The highest BCUT2D eigenvalue weighted by Crippen LogP contribution is 2.07. The number of thiocarbonyl (C=S) groups is 1. The van der Waals surface area contributed by atoms with Crippen molar-refractivity contribution in [1.29, 1.82) is 0 Å². The van der Waals surface area contributed by atoms with Gasteiger partial charge in [0.15, 0.2) is 0 Å². The van der Waals surface area contributed by atoms with Crippen molar-refractivity contribution in [2.45, 2.75) is 33.9 Å². The summed E-state index contributed by atoms with van der Waals surface area (Å²) in [5.41, 5.74) is 6.89. The van der Waals surface area contributed by atoms with Crippen LogP contribution in [0.25, 0.3) is 0 Å². The predicted molar refractivity (Wildman–Crippen MR) is 74.8 cm³/mol. The van der Waals surface area contributed by atoms with Crippen molar-refractivity contribution in [2.24, 2.45) is 11.7 Å². The molecular formula is C12H22N4S. The fourth-order valence-corrected chi connectivity index (χ4v) is 1.78. The maximum Gasteiger partial charge on any atom is 0.0768 e. The molecule has 0 aliphatic rings. The van der Waals surface area contributed by atoms with Crippen LogP contribution < -0.4 is 5.73 Å². The Bertz CT molecular complexity index is 361. The van der Waals surface area contributed by atoms with Crippen molar-refractivity contribution in [3.8, 4) is 0 Å². The summed E-state index contributed by atoms with van der Waals surface area (Å²) in [6.07, 6.45) is 4.02. The largest absolute Gasteiger partial charge is 0.393 e. The van der Waals surface area contributed by atoms with Crippen molar-refractivity contribution < 1.29 is 0 Å². The first kappa shape index (κ1) is 14.1. The van der Waals surface area contributed by atoms with Crippen LogP contribution in [0.4, 0.5) is 0 Å². The van der Waals surface area contributed by atoms with E-state index in [9.17, 15) is 0 Å². The van der Waals surface area contributed by atoms with Crippen LogP contribution >= 0.6 is 12.2 Å². The Labute approximate surface area is 109 Å². The normalized spacial score (nSPS) is 12.9. The van der Waals surface area contributed by atoms with Gasteiger partial charge in [0, 0.05) is 37.3 Å². The van der Waals surface area contributed by atoms with E-state index < -0.39 is 0 Å². The van der Waals surface area contributed by atoms with Crippen LogP contribution in [0.5, 0.6) is 0 Å². The Morgan fingerprint density at radius 1 is 1.59 bits per heavy atom. The first-order valence-electron chi connectivity index (χ1n) is 6.09. The molecule has 5 heteroatoms. The molecule has 0 aromatic carbocycles.